The molecule has 0 unspecified atom stereocenters. The van der Waals surface area contributed by atoms with Crippen molar-refractivity contribution in [3.8, 4) is 11.3 Å². The summed E-state index contributed by atoms with van der Waals surface area (Å²) in [4.78, 5) is 4.60. The standard InChI is InChI=1S/C15H20FN3/c1-3-6-13-18-14(15(17)19(13)9-4-2)11-7-5-8-12(16)10-11/h5,7-8,10H,3-4,6,9,17H2,1-2H3. The van der Waals surface area contributed by atoms with Crippen molar-refractivity contribution in [1.29, 1.82) is 0 Å². The van der Waals surface area contributed by atoms with E-state index in [1.807, 2.05) is 10.6 Å². The molecule has 1 aromatic heterocycles. The van der Waals surface area contributed by atoms with E-state index in [-0.39, 0.29) is 5.82 Å². The van der Waals surface area contributed by atoms with E-state index in [4.69, 9.17) is 5.73 Å². The molecule has 102 valence electrons. The number of hydrogen-bond acceptors (Lipinski definition) is 2. The Hall–Kier alpha value is -1.84. The van der Waals surface area contributed by atoms with Crippen molar-refractivity contribution in [3.05, 3.63) is 35.9 Å². The molecule has 0 aliphatic rings. The van der Waals surface area contributed by atoms with Crippen LogP contribution in [0.4, 0.5) is 10.2 Å². The third kappa shape index (κ3) is 2.78. The molecule has 0 spiro atoms. The van der Waals surface area contributed by atoms with Crippen LogP contribution in [0.2, 0.25) is 0 Å². The summed E-state index contributed by atoms with van der Waals surface area (Å²) in [7, 11) is 0. The number of nitrogen functional groups attached to an aromatic ring is 1. The topological polar surface area (TPSA) is 43.8 Å². The Morgan fingerprint density at radius 2 is 2.05 bits per heavy atom. The van der Waals surface area contributed by atoms with Gasteiger partial charge in [0, 0.05) is 18.5 Å². The normalized spacial score (nSPS) is 10.9. The second-order valence-electron chi connectivity index (χ2n) is 4.67. The molecular formula is C15H20FN3. The fourth-order valence-corrected chi connectivity index (χ4v) is 2.25. The minimum atomic E-state index is -0.265. The summed E-state index contributed by atoms with van der Waals surface area (Å²) in [5.74, 6) is 1.36. The van der Waals surface area contributed by atoms with Gasteiger partial charge in [-0.3, -0.25) is 0 Å². The lowest BCUT2D eigenvalue weighted by Crippen LogP contribution is -2.06. The minimum absolute atomic E-state index is 0.265. The highest BCUT2D eigenvalue weighted by Gasteiger charge is 2.15. The zero-order valence-corrected chi connectivity index (χ0v) is 11.5. The molecule has 0 saturated heterocycles. The van der Waals surface area contributed by atoms with Gasteiger partial charge in [-0.1, -0.05) is 26.0 Å². The number of halogens is 1. The zero-order valence-electron chi connectivity index (χ0n) is 11.5. The molecular weight excluding hydrogens is 241 g/mol. The van der Waals surface area contributed by atoms with Gasteiger partial charge in [-0.2, -0.15) is 0 Å². The van der Waals surface area contributed by atoms with Crippen LogP contribution in [-0.2, 0) is 13.0 Å². The van der Waals surface area contributed by atoms with Crippen molar-refractivity contribution in [3.63, 3.8) is 0 Å². The van der Waals surface area contributed by atoms with Crippen LogP contribution in [0.3, 0.4) is 0 Å². The van der Waals surface area contributed by atoms with Crippen molar-refractivity contribution >= 4 is 5.82 Å². The lowest BCUT2D eigenvalue weighted by molar-refractivity contribution is 0.628. The van der Waals surface area contributed by atoms with E-state index in [0.29, 0.717) is 11.5 Å². The van der Waals surface area contributed by atoms with Crippen molar-refractivity contribution in [2.75, 3.05) is 5.73 Å². The third-order valence-electron chi connectivity index (χ3n) is 3.10. The number of anilines is 1. The van der Waals surface area contributed by atoms with E-state index in [1.54, 1.807) is 6.07 Å². The Kier molecular flexibility index (Phi) is 4.20. The Labute approximate surface area is 113 Å². The molecule has 2 aromatic rings. The maximum Gasteiger partial charge on any atom is 0.131 e. The van der Waals surface area contributed by atoms with E-state index < -0.39 is 0 Å². The molecule has 2 N–H and O–H groups in total. The highest BCUT2D eigenvalue weighted by Crippen LogP contribution is 2.27. The molecule has 19 heavy (non-hydrogen) atoms. The minimum Gasteiger partial charge on any atom is -0.383 e. The second kappa shape index (κ2) is 5.87. The maximum atomic E-state index is 13.3. The number of benzene rings is 1. The van der Waals surface area contributed by atoms with Crippen LogP contribution in [0.5, 0.6) is 0 Å². The SMILES string of the molecule is CCCc1nc(-c2cccc(F)c2)c(N)n1CCC. The van der Waals surface area contributed by atoms with E-state index >= 15 is 0 Å². The van der Waals surface area contributed by atoms with Gasteiger partial charge < -0.3 is 10.3 Å². The van der Waals surface area contributed by atoms with Crippen LogP contribution in [0.1, 0.15) is 32.5 Å². The lowest BCUT2D eigenvalue weighted by atomic mass is 10.1. The summed E-state index contributed by atoms with van der Waals surface area (Å²) in [5, 5.41) is 0. The van der Waals surface area contributed by atoms with Crippen LogP contribution in [-0.4, -0.2) is 9.55 Å². The zero-order chi connectivity index (χ0) is 13.8. The van der Waals surface area contributed by atoms with Crippen molar-refractivity contribution in [1.82, 2.24) is 9.55 Å². The molecule has 4 heteroatoms. The average molecular weight is 261 g/mol. The predicted molar refractivity (Wildman–Crippen MR) is 76.3 cm³/mol. The first-order valence-electron chi connectivity index (χ1n) is 6.78. The number of nitrogens with two attached hydrogens (primary N) is 1. The first-order valence-corrected chi connectivity index (χ1v) is 6.78. The molecule has 0 aliphatic carbocycles. The van der Waals surface area contributed by atoms with Gasteiger partial charge in [0.2, 0.25) is 0 Å². The third-order valence-corrected chi connectivity index (χ3v) is 3.10. The number of rotatable bonds is 5. The maximum absolute atomic E-state index is 13.3. The number of aryl methyl sites for hydroxylation is 1. The number of nitrogens with zero attached hydrogens (tertiary/aromatic N) is 2. The summed E-state index contributed by atoms with van der Waals surface area (Å²) in [5.41, 5.74) is 7.61. The van der Waals surface area contributed by atoms with E-state index in [2.05, 4.69) is 18.8 Å². The van der Waals surface area contributed by atoms with Gasteiger partial charge in [0.05, 0.1) is 0 Å². The van der Waals surface area contributed by atoms with Crippen LogP contribution in [0, 0.1) is 5.82 Å². The van der Waals surface area contributed by atoms with Gasteiger partial charge in [-0.15, -0.1) is 0 Å². The number of imidazole rings is 1. The first kappa shape index (κ1) is 13.6. The molecule has 0 aliphatic heterocycles. The Balaban J connectivity index is 2.49. The molecule has 2 rings (SSSR count). The van der Waals surface area contributed by atoms with Crippen LogP contribution in [0.15, 0.2) is 24.3 Å². The van der Waals surface area contributed by atoms with Gasteiger partial charge >= 0.3 is 0 Å². The van der Waals surface area contributed by atoms with Gasteiger partial charge in [0.15, 0.2) is 0 Å². The molecule has 0 radical (unpaired) electrons. The number of aromatic nitrogens is 2. The van der Waals surface area contributed by atoms with Crippen LogP contribution < -0.4 is 5.73 Å². The van der Waals surface area contributed by atoms with E-state index in [0.717, 1.165) is 37.2 Å². The molecule has 0 atom stereocenters. The molecule has 0 bridgehead atoms. The molecule has 1 heterocycles. The highest BCUT2D eigenvalue weighted by atomic mass is 19.1. The van der Waals surface area contributed by atoms with E-state index in [1.165, 1.54) is 12.1 Å². The molecule has 0 amide bonds. The van der Waals surface area contributed by atoms with E-state index in [9.17, 15) is 4.39 Å². The summed E-state index contributed by atoms with van der Waals surface area (Å²) >= 11 is 0. The van der Waals surface area contributed by atoms with Crippen molar-refractivity contribution < 1.29 is 4.39 Å². The molecule has 3 nitrogen and oxygen atoms in total. The summed E-state index contributed by atoms with van der Waals surface area (Å²) < 4.78 is 15.4. The van der Waals surface area contributed by atoms with Crippen molar-refractivity contribution in [2.24, 2.45) is 0 Å². The number of hydrogen-bond donors (Lipinski definition) is 1. The van der Waals surface area contributed by atoms with Gasteiger partial charge in [0.1, 0.15) is 23.2 Å². The summed E-state index contributed by atoms with van der Waals surface area (Å²) in [6, 6.07) is 6.43. The molecule has 1 aromatic carbocycles. The fraction of sp³-hybridized carbons (Fsp3) is 0.400. The Morgan fingerprint density at radius 1 is 1.26 bits per heavy atom. The monoisotopic (exact) mass is 261 g/mol. The van der Waals surface area contributed by atoms with Crippen LogP contribution >= 0.6 is 0 Å². The van der Waals surface area contributed by atoms with Gasteiger partial charge in [0.25, 0.3) is 0 Å². The second-order valence-corrected chi connectivity index (χ2v) is 4.67. The lowest BCUT2D eigenvalue weighted by Gasteiger charge is -2.07. The van der Waals surface area contributed by atoms with Gasteiger partial charge in [-0.05, 0) is 25.0 Å². The fourth-order valence-electron chi connectivity index (χ4n) is 2.25. The molecule has 0 saturated carbocycles. The van der Waals surface area contributed by atoms with Crippen molar-refractivity contribution in [2.45, 2.75) is 39.7 Å². The average Bonchev–Trinajstić information content (AvgIpc) is 2.69. The Bertz CT molecular complexity index is 561. The first-order chi connectivity index (χ1) is 9.17. The van der Waals surface area contributed by atoms with Crippen LogP contribution in [0.25, 0.3) is 11.3 Å². The summed E-state index contributed by atoms with van der Waals surface area (Å²) in [6.45, 7) is 5.07. The van der Waals surface area contributed by atoms with Gasteiger partial charge in [-0.25, -0.2) is 9.37 Å². The quantitative estimate of drug-likeness (QED) is 0.893. The Morgan fingerprint density at radius 3 is 2.68 bits per heavy atom. The smallest absolute Gasteiger partial charge is 0.131 e. The molecule has 0 fully saturated rings. The largest absolute Gasteiger partial charge is 0.383 e. The predicted octanol–water partition coefficient (Wildman–Crippen LogP) is 3.63. The highest BCUT2D eigenvalue weighted by molar-refractivity contribution is 5.71. The summed E-state index contributed by atoms with van der Waals surface area (Å²) in [6.07, 6.45) is 2.90.